The van der Waals surface area contributed by atoms with Gasteiger partial charge >= 0.3 is 5.97 Å². The number of pyridine rings is 1. The summed E-state index contributed by atoms with van der Waals surface area (Å²) < 4.78 is 5.21. The molecule has 0 aliphatic carbocycles. The Kier molecular flexibility index (Phi) is 10.4. The molecule has 0 unspecified atom stereocenters. The van der Waals surface area contributed by atoms with E-state index in [1.165, 1.54) is 36.9 Å². The van der Waals surface area contributed by atoms with E-state index >= 15 is 0 Å². The molecule has 1 aliphatic heterocycles. The number of anilines is 2. The lowest BCUT2D eigenvalue weighted by atomic mass is 10.1. The first-order chi connectivity index (χ1) is 18.3. The number of hydrogen-bond acceptors (Lipinski definition) is 6. The van der Waals surface area contributed by atoms with Crippen molar-refractivity contribution in [1.82, 2.24) is 9.88 Å². The van der Waals surface area contributed by atoms with E-state index in [4.69, 9.17) is 26.9 Å². The van der Waals surface area contributed by atoms with Crippen molar-refractivity contribution in [2.45, 2.75) is 32.6 Å². The third-order valence-electron chi connectivity index (χ3n) is 5.73. The Morgan fingerprint density at radius 3 is 2.58 bits per heavy atom. The zero-order chi connectivity index (χ0) is 27.5. The molecule has 4 N–H and O–H groups in total. The Morgan fingerprint density at radius 1 is 1.16 bits per heavy atom. The number of nitrogens with one attached hydrogen (secondary N) is 3. The maximum absolute atomic E-state index is 13.1. The van der Waals surface area contributed by atoms with Gasteiger partial charge in [-0.1, -0.05) is 29.8 Å². The van der Waals surface area contributed by atoms with Crippen LogP contribution in [0.2, 0.25) is 5.02 Å². The van der Waals surface area contributed by atoms with E-state index in [-0.39, 0.29) is 22.8 Å². The number of amides is 2. The predicted octanol–water partition coefficient (Wildman–Crippen LogP) is 4.74. The highest BCUT2D eigenvalue weighted by Gasteiger charge is 2.18. The number of nitrogens with zero attached hydrogens (tertiary/aromatic N) is 2. The summed E-state index contributed by atoms with van der Waals surface area (Å²) in [5.74, 6) is -1.32. The summed E-state index contributed by atoms with van der Waals surface area (Å²) in [4.78, 5) is 43.1. The number of rotatable bonds is 10. The van der Waals surface area contributed by atoms with Gasteiger partial charge in [-0.05, 0) is 56.5 Å². The highest BCUT2D eigenvalue weighted by Crippen LogP contribution is 2.24. The molecule has 1 aromatic carbocycles. The van der Waals surface area contributed by atoms with Gasteiger partial charge in [0.25, 0.3) is 11.8 Å². The number of amidine groups is 1. The number of aliphatic carboxylic acids is 1. The maximum atomic E-state index is 13.1. The van der Waals surface area contributed by atoms with Crippen molar-refractivity contribution in [2.24, 2.45) is 0 Å². The van der Waals surface area contributed by atoms with Crippen LogP contribution in [0.1, 0.15) is 43.0 Å². The summed E-state index contributed by atoms with van der Waals surface area (Å²) in [6.07, 6.45) is 10.2. The van der Waals surface area contributed by atoms with Crippen LogP contribution in [0.15, 0.2) is 60.3 Å². The minimum Gasteiger partial charge on any atom is -0.482 e. The number of carbonyl (C=O) groups excluding carboxylic acids is 2. The summed E-state index contributed by atoms with van der Waals surface area (Å²) >= 11 is 5.85. The summed E-state index contributed by atoms with van der Waals surface area (Å²) in [7, 11) is 0. The number of piperidine rings is 1. The van der Waals surface area contributed by atoms with E-state index in [1.54, 1.807) is 31.2 Å². The van der Waals surface area contributed by atoms with Crippen LogP contribution in [0.3, 0.4) is 0 Å². The highest BCUT2D eigenvalue weighted by molar-refractivity contribution is 6.30. The van der Waals surface area contributed by atoms with E-state index in [0.29, 0.717) is 22.9 Å². The molecule has 0 radical (unpaired) electrons. The van der Waals surface area contributed by atoms with Gasteiger partial charge in [-0.2, -0.15) is 0 Å². The van der Waals surface area contributed by atoms with Gasteiger partial charge in [-0.3, -0.25) is 15.0 Å². The molecule has 10 nitrogen and oxygen atoms in total. The van der Waals surface area contributed by atoms with Crippen LogP contribution >= 0.6 is 11.6 Å². The van der Waals surface area contributed by atoms with Gasteiger partial charge in [0, 0.05) is 31.3 Å². The minimum atomic E-state index is -1.17. The van der Waals surface area contributed by atoms with E-state index in [0.717, 1.165) is 25.9 Å². The fourth-order valence-electron chi connectivity index (χ4n) is 3.78. The highest BCUT2D eigenvalue weighted by atomic mass is 35.5. The number of halogens is 1. The van der Waals surface area contributed by atoms with Gasteiger partial charge in [0.15, 0.2) is 6.61 Å². The monoisotopic (exact) mass is 539 g/mol. The molecule has 0 spiro atoms. The Hall–Kier alpha value is -4.18. The van der Waals surface area contributed by atoms with Crippen molar-refractivity contribution >= 4 is 46.7 Å². The van der Waals surface area contributed by atoms with Crippen LogP contribution in [-0.4, -0.2) is 58.3 Å². The van der Waals surface area contributed by atoms with Crippen molar-refractivity contribution in [3.63, 3.8) is 0 Å². The molecular formula is C27H30ClN5O5. The van der Waals surface area contributed by atoms with Gasteiger partial charge < -0.3 is 25.4 Å². The van der Waals surface area contributed by atoms with Crippen LogP contribution in [0.25, 0.3) is 0 Å². The molecule has 200 valence electrons. The molecule has 2 heterocycles. The zero-order valence-electron chi connectivity index (χ0n) is 21.0. The van der Waals surface area contributed by atoms with Crippen LogP contribution in [0, 0.1) is 5.41 Å². The summed E-state index contributed by atoms with van der Waals surface area (Å²) in [5.41, 5.74) is 0.593. The molecule has 1 saturated heterocycles. The number of carboxylic acids is 1. The molecule has 3 rings (SSSR count). The molecule has 1 aromatic heterocycles. The number of hydrogen-bond donors (Lipinski definition) is 4. The number of benzene rings is 1. The molecule has 1 aliphatic rings. The molecule has 11 heteroatoms. The number of allylic oxidation sites excluding steroid dienone is 1. The molecule has 0 saturated carbocycles. The maximum Gasteiger partial charge on any atom is 0.341 e. The molecular weight excluding hydrogens is 510 g/mol. The second kappa shape index (κ2) is 13.9. The van der Waals surface area contributed by atoms with Crippen molar-refractivity contribution in [2.75, 3.05) is 30.3 Å². The fraction of sp³-hybridized carbons (Fsp3) is 0.296. The number of likely N-dealkylation sites (tertiary alicyclic amines) is 1. The lowest BCUT2D eigenvalue weighted by Crippen LogP contribution is -2.34. The van der Waals surface area contributed by atoms with Crippen molar-refractivity contribution in [1.29, 1.82) is 5.41 Å². The summed E-state index contributed by atoms with van der Waals surface area (Å²) in [5, 5.41) is 22.9. The average molecular weight is 540 g/mol. The second-order valence-electron chi connectivity index (χ2n) is 8.50. The Morgan fingerprint density at radius 2 is 1.92 bits per heavy atom. The van der Waals surface area contributed by atoms with Gasteiger partial charge in [-0.25, -0.2) is 9.78 Å². The Balaban J connectivity index is 1.74. The van der Waals surface area contributed by atoms with Gasteiger partial charge in [0.05, 0.1) is 22.1 Å². The first kappa shape index (κ1) is 28.4. The quantitative estimate of drug-likeness (QED) is 0.148. The van der Waals surface area contributed by atoms with Gasteiger partial charge in [-0.15, -0.1) is 0 Å². The van der Waals surface area contributed by atoms with Crippen molar-refractivity contribution in [3.8, 4) is 5.75 Å². The van der Waals surface area contributed by atoms with Crippen molar-refractivity contribution < 1.29 is 24.2 Å². The van der Waals surface area contributed by atoms with Gasteiger partial charge in [0.2, 0.25) is 0 Å². The normalized spacial score (nSPS) is 13.7. The predicted molar refractivity (Wildman–Crippen MR) is 146 cm³/mol. The number of aromatic nitrogens is 1. The number of carbonyl (C=O) groups is 3. The molecule has 2 aromatic rings. The standard InChI is InChI=1S/C27H30ClN5O5/c1-2-18(7-6-8-23(29)33-13-4-3-5-14-33)26(36)31-22-11-10-20(38-17-25(34)35)15-21(22)27(37)32-24-12-9-19(28)16-30-24/h2,6-7,9-12,15-16,29H,3-5,8,13-14,17H2,1H3,(H,31,36)(H,34,35)(H,30,32,37)/b7-6-,18-2+,29-23?. The largest absolute Gasteiger partial charge is 0.482 e. The minimum absolute atomic E-state index is 0.0456. The van der Waals surface area contributed by atoms with Gasteiger partial charge in [0.1, 0.15) is 11.6 Å². The molecule has 38 heavy (non-hydrogen) atoms. The molecule has 0 atom stereocenters. The SMILES string of the molecule is C/C=C(\C=C/CC(=N)N1CCCCC1)C(=O)Nc1ccc(OCC(=O)O)cc1C(=O)Nc1ccc(Cl)cn1. The lowest BCUT2D eigenvalue weighted by molar-refractivity contribution is -0.139. The van der Waals surface area contributed by atoms with E-state index in [9.17, 15) is 14.4 Å². The molecule has 1 fully saturated rings. The zero-order valence-corrected chi connectivity index (χ0v) is 21.8. The Labute approximate surface area is 225 Å². The Bertz CT molecular complexity index is 1240. The van der Waals surface area contributed by atoms with Crippen LogP contribution in [0.4, 0.5) is 11.5 Å². The number of ether oxygens (including phenoxy) is 1. The summed E-state index contributed by atoms with van der Waals surface area (Å²) in [6.45, 7) is 2.89. The van der Waals surface area contributed by atoms with Crippen LogP contribution in [0.5, 0.6) is 5.75 Å². The van der Waals surface area contributed by atoms with E-state index in [2.05, 4.69) is 20.5 Å². The molecule has 0 bridgehead atoms. The van der Waals surface area contributed by atoms with Crippen molar-refractivity contribution in [3.05, 3.63) is 70.9 Å². The van der Waals surface area contributed by atoms with Crippen LogP contribution in [-0.2, 0) is 9.59 Å². The van der Waals surface area contributed by atoms with E-state index in [1.807, 2.05) is 0 Å². The fourth-order valence-corrected chi connectivity index (χ4v) is 3.89. The third kappa shape index (κ3) is 8.45. The smallest absolute Gasteiger partial charge is 0.341 e. The van der Waals surface area contributed by atoms with E-state index < -0.39 is 24.4 Å². The number of carboxylic acid groups (broad SMARTS) is 1. The second-order valence-corrected chi connectivity index (χ2v) is 8.94. The summed E-state index contributed by atoms with van der Waals surface area (Å²) in [6, 6.07) is 7.35. The molecule has 2 amide bonds. The topological polar surface area (TPSA) is 145 Å². The lowest BCUT2D eigenvalue weighted by Gasteiger charge is -2.28. The first-order valence-electron chi connectivity index (χ1n) is 12.1. The average Bonchev–Trinajstić information content (AvgIpc) is 2.92. The van der Waals surface area contributed by atoms with Crippen LogP contribution < -0.4 is 15.4 Å². The first-order valence-corrected chi connectivity index (χ1v) is 12.5. The third-order valence-corrected chi connectivity index (χ3v) is 5.96.